The molecule has 0 spiro atoms. The van der Waals surface area contributed by atoms with Crippen LogP contribution in [0.25, 0.3) is 0 Å². The van der Waals surface area contributed by atoms with Crippen molar-refractivity contribution in [1.82, 2.24) is 0 Å². The number of esters is 2. The normalized spacial score (nSPS) is 16.0. The van der Waals surface area contributed by atoms with Crippen LogP contribution >= 0.6 is 0 Å². The molecular weight excluding hydrogens is 400 g/mol. The maximum Gasteiger partial charge on any atom is 0.333 e. The number of allylic oxidation sites excluding steroid dienone is 1. The Labute approximate surface area is 178 Å². The molecule has 1 aliphatic heterocycles. The third-order valence-corrected chi connectivity index (χ3v) is 5.44. The Balaban J connectivity index is 2.14. The van der Waals surface area contributed by atoms with Gasteiger partial charge >= 0.3 is 11.9 Å². The molecule has 0 saturated heterocycles. The van der Waals surface area contributed by atoms with Crippen molar-refractivity contribution < 1.29 is 33.4 Å². The van der Waals surface area contributed by atoms with Crippen molar-refractivity contribution in [3.63, 3.8) is 0 Å². The third-order valence-electron chi connectivity index (χ3n) is 5.44. The zero-order chi connectivity index (χ0) is 22.3. The molecule has 158 valence electrons. The highest BCUT2D eigenvalue weighted by atomic mass is 16.6. The standard InChI is InChI=1S/C24H20O7/c1-4-29-22(27)24(23(28)30-5-2)17-13(3)9-8-12-16(17)31-21-18(24)19(25)14-10-6-7-11-15(14)20(21)26/h6-12H,4-5H2,1-3H3. The summed E-state index contributed by atoms with van der Waals surface area (Å²) in [4.78, 5) is 53.9. The second-order valence-electron chi connectivity index (χ2n) is 7.15. The van der Waals surface area contributed by atoms with Crippen molar-refractivity contribution in [2.45, 2.75) is 26.2 Å². The van der Waals surface area contributed by atoms with Gasteiger partial charge in [0.25, 0.3) is 0 Å². The Kier molecular flexibility index (Phi) is 4.97. The summed E-state index contributed by atoms with van der Waals surface area (Å²) in [5.74, 6) is -3.44. The number of hydrogen-bond donors (Lipinski definition) is 0. The van der Waals surface area contributed by atoms with Gasteiger partial charge in [0.05, 0.1) is 18.8 Å². The molecule has 0 aromatic heterocycles. The van der Waals surface area contributed by atoms with Gasteiger partial charge in [-0.1, -0.05) is 36.4 Å². The van der Waals surface area contributed by atoms with E-state index >= 15 is 0 Å². The van der Waals surface area contributed by atoms with Crippen LogP contribution in [0.3, 0.4) is 0 Å². The summed E-state index contributed by atoms with van der Waals surface area (Å²) in [6, 6.07) is 11.1. The van der Waals surface area contributed by atoms with E-state index in [-0.39, 0.29) is 47.0 Å². The fourth-order valence-corrected chi connectivity index (χ4v) is 4.20. The predicted molar refractivity (Wildman–Crippen MR) is 109 cm³/mol. The SMILES string of the molecule is CCOC(=O)C1(C(=O)OCC)C2=C(Oc3cccc(C)c31)C(=O)c1ccccc1C2=O. The minimum absolute atomic E-state index is 0.0383. The van der Waals surface area contributed by atoms with Gasteiger partial charge < -0.3 is 14.2 Å². The highest BCUT2D eigenvalue weighted by molar-refractivity contribution is 6.32. The maximum absolute atomic E-state index is 13.6. The maximum atomic E-state index is 13.6. The first-order valence-electron chi connectivity index (χ1n) is 9.95. The first kappa shape index (κ1) is 20.5. The van der Waals surface area contributed by atoms with Crippen LogP contribution in [0.4, 0.5) is 0 Å². The van der Waals surface area contributed by atoms with Crippen LogP contribution < -0.4 is 4.74 Å². The molecule has 0 amide bonds. The number of ketones is 2. The molecule has 0 radical (unpaired) electrons. The number of ether oxygens (including phenoxy) is 3. The number of hydrogen-bond acceptors (Lipinski definition) is 7. The number of carbonyl (C=O) groups excluding carboxylic acids is 4. The van der Waals surface area contributed by atoms with Crippen molar-refractivity contribution in [3.8, 4) is 5.75 Å². The van der Waals surface area contributed by atoms with E-state index in [2.05, 4.69) is 0 Å². The summed E-state index contributed by atoms with van der Waals surface area (Å²) in [6.45, 7) is 4.79. The fourth-order valence-electron chi connectivity index (χ4n) is 4.20. The number of aryl methyl sites for hydroxylation is 1. The molecular formula is C24H20O7. The Morgan fingerprint density at radius 1 is 0.871 bits per heavy atom. The van der Waals surface area contributed by atoms with Crippen LogP contribution in [0.1, 0.15) is 45.7 Å². The molecule has 0 bridgehead atoms. The average molecular weight is 420 g/mol. The number of carbonyl (C=O) groups is 4. The van der Waals surface area contributed by atoms with Crippen molar-refractivity contribution in [2.75, 3.05) is 13.2 Å². The highest BCUT2D eigenvalue weighted by Gasteiger charge is 2.63. The minimum atomic E-state index is -2.28. The van der Waals surface area contributed by atoms with Crippen molar-refractivity contribution in [1.29, 1.82) is 0 Å². The first-order chi connectivity index (χ1) is 14.9. The van der Waals surface area contributed by atoms with Gasteiger partial charge in [-0.25, -0.2) is 0 Å². The lowest BCUT2D eigenvalue weighted by Crippen LogP contribution is -2.54. The monoisotopic (exact) mass is 420 g/mol. The summed E-state index contributed by atoms with van der Waals surface area (Å²) in [5, 5.41) is 0. The van der Waals surface area contributed by atoms with E-state index in [9.17, 15) is 19.2 Å². The van der Waals surface area contributed by atoms with Crippen LogP contribution in [-0.4, -0.2) is 36.7 Å². The van der Waals surface area contributed by atoms with Gasteiger partial charge in [0.2, 0.25) is 11.2 Å². The van der Waals surface area contributed by atoms with Gasteiger partial charge in [0, 0.05) is 16.7 Å². The van der Waals surface area contributed by atoms with Crippen LogP contribution in [0.5, 0.6) is 5.75 Å². The minimum Gasteiger partial charge on any atom is -0.465 e. The Bertz CT molecular complexity index is 1150. The topological polar surface area (TPSA) is 96.0 Å². The summed E-state index contributed by atoms with van der Waals surface area (Å²) in [6.07, 6.45) is 0. The molecule has 1 heterocycles. The average Bonchev–Trinajstić information content (AvgIpc) is 2.76. The molecule has 2 aliphatic rings. The molecule has 0 fully saturated rings. The number of fused-ring (bicyclic) bond motifs is 2. The number of rotatable bonds is 4. The summed E-state index contributed by atoms with van der Waals surface area (Å²) in [5.41, 5.74) is -1.75. The van der Waals surface area contributed by atoms with Gasteiger partial charge in [-0.2, -0.15) is 0 Å². The molecule has 7 heteroatoms. The Morgan fingerprint density at radius 2 is 1.45 bits per heavy atom. The van der Waals surface area contributed by atoms with E-state index in [0.29, 0.717) is 5.56 Å². The van der Waals surface area contributed by atoms with Crippen LogP contribution in [0.2, 0.25) is 0 Å². The quantitative estimate of drug-likeness (QED) is 0.554. The van der Waals surface area contributed by atoms with Crippen LogP contribution in [0, 0.1) is 6.92 Å². The first-order valence-corrected chi connectivity index (χ1v) is 9.95. The van der Waals surface area contributed by atoms with Crippen molar-refractivity contribution >= 4 is 23.5 Å². The lowest BCUT2D eigenvalue weighted by Gasteiger charge is -2.39. The zero-order valence-electron chi connectivity index (χ0n) is 17.3. The van der Waals surface area contributed by atoms with Crippen LogP contribution in [-0.2, 0) is 24.5 Å². The Morgan fingerprint density at radius 3 is 2.03 bits per heavy atom. The van der Waals surface area contributed by atoms with Crippen molar-refractivity contribution in [3.05, 3.63) is 76.1 Å². The number of benzene rings is 2. The van der Waals surface area contributed by atoms with Crippen molar-refractivity contribution in [2.24, 2.45) is 0 Å². The lowest BCUT2D eigenvalue weighted by molar-refractivity contribution is -0.162. The van der Waals surface area contributed by atoms with Gasteiger partial charge in [0.1, 0.15) is 5.75 Å². The molecule has 0 N–H and O–H groups in total. The molecule has 2 aromatic rings. The van der Waals surface area contributed by atoms with Gasteiger partial charge in [0.15, 0.2) is 11.5 Å². The lowest BCUT2D eigenvalue weighted by atomic mass is 9.65. The van der Waals surface area contributed by atoms with Gasteiger partial charge in [-0.3, -0.25) is 19.2 Å². The van der Waals surface area contributed by atoms with E-state index in [1.54, 1.807) is 45.0 Å². The van der Waals surface area contributed by atoms with Crippen LogP contribution in [0.15, 0.2) is 53.8 Å². The summed E-state index contributed by atoms with van der Waals surface area (Å²) in [7, 11) is 0. The summed E-state index contributed by atoms with van der Waals surface area (Å²) >= 11 is 0. The molecule has 0 unspecified atom stereocenters. The molecule has 4 rings (SSSR count). The molecule has 31 heavy (non-hydrogen) atoms. The van der Waals surface area contributed by atoms with E-state index in [1.165, 1.54) is 18.2 Å². The largest absolute Gasteiger partial charge is 0.465 e. The van der Waals surface area contributed by atoms with Gasteiger partial charge in [-0.05, 0) is 32.4 Å². The van der Waals surface area contributed by atoms with E-state index in [0.717, 1.165) is 0 Å². The number of Topliss-reactive ketones (excluding diaryl/α,β-unsaturated/α-hetero) is 2. The Hall–Kier alpha value is -3.74. The fraction of sp³-hybridized carbons (Fsp3) is 0.250. The molecule has 2 aromatic carbocycles. The third kappa shape index (κ3) is 2.73. The molecule has 0 saturated carbocycles. The zero-order valence-corrected chi connectivity index (χ0v) is 17.3. The second kappa shape index (κ2) is 7.50. The molecule has 0 atom stereocenters. The van der Waals surface area contributed by atoms with Gasteiger partial charge in [-0.15, -0.1) is 0 Å². The molecule has 1 aliphatic carbocycles. The van der Waals surface area contributed by atoms with E-state index in [4.69, 9.17) is 14.2 Å². The highest BCUT2D eigenvalue weighted by Crippen LogP contribution is 2.50. The smallest absolute Gasteiger partial charge is 0.333 e. The summed E-state index contributed by atoms with van der Waals surface area (Å²) < 4.78 is 16.4. The van der Waals surface area contributed by atoms with E-state index in [1.807, 2.05) is 0 Å². The van der Waals surface area contributed by atoms with E-state index < -0.39 is 28.9 Å². The predicted octanol–water partition coefficient (Wildman–Crippen LogP) is 3.08. The second-order valence-corrected chi connectivity index (χ2v) is 7.15. The molecule has 7 nitrogen and oxygen atoms in total.